The van der Waals surface area contributed by atoms with E-state index in [-0.39, 0.29) is 0 Å². The third kappa shape index (κ3) is 1.31. The molecule has 0 amide bonds. The van der Waals surface area contributed by atoms with E-state index in [0.29, 0.717) is 0 Å². The van der Waals surface area contributed by atoms with Crippen molar-refractivity contribution in [2.75, 3.05) is 6.54 Å². The molecule has 0 saturated heterocycles. The molecule has 4 rings (SSSR count). The van der Waals surface area contributed by atoms with Crippen LogP contribution in [0.15, 0.2) is 48.5 Å². The highest BCUT2D eigenvalue weighted by Gasteiger charge is 2.16. The lowest BCUT2D eigenvalue weighted by atomic mass is 9.88. The Kier molecular flexibility index (Phi) is 2.14. The minimum Gasteiger partial charge on any atom is -0.312 e. The van der Waals surface area contributed by atoms with Crippen molar-refractivity contribution >= 4 is 21.5 Å². The van der Waals surface area contributed by atoms with Crippen molar-refractivity contribution in [3.8, 4) is 0 Å². The highest BCUT2D eigenvalue weighted by Crippen LogP contribution is 2.34. The van der Waals surface area contributed by atoms with Gasteiger partial charge in [0.15, 0.2) is 0 Å². The van der Waals surface area contributed by atoms with Gasteiger partial charge >= 0.3 is 0 Å². The molecule has 0 radical (unpaired) electrons. The highest BCUT2D eigenvalue weighted by molar-refractivity contribution is 6.10. The van der Waals surface area contributed by atoms with Crippen LogP contribution in [-0.2, 0) is 13.0 Å². The quantitative estimate of drug-likeness (QED) is 0.584. The lowest BCUT2D eigenvalue weighted by molar-refractivity contribution is 0.651. The lowest BCUT2D eigenvalue weighted by Gasteiger charge is -2.22. The van der Waals surface area contributed by atoms with Crippen molar-refractivity contribution in [3.63, 3.8) is 0 Å². The minimum atomic E-state index is 1.00. The van der Waals surface area contributed by atoms with E-state index in [4.69, 9.17) is 0 Å². The zero-order valence-corrected chi connectivity index (χ0v) is 10.2. The summed E-state index contributed by atoms with van der Waals surface area (Å²) in [6.45, 7) is 2.09. The molecule has 0 aliphatic carbocycles. The molecule has 18 heavy (non-hydrogen) atoms. The highest BCUT2D eigenvalue weighted by atomic mass is 14.9. The molecule has 0 unspecified atom stereocenters. The number of benzene rings is 3. The van der Waals surface area contributed by atoms with Gasteiger partial charge in [0.1, 0.15) is 0 Å². The minimum absolute atomic E-state index is 1.00. The first kappa shape index (κ1) is 10.1. The van der Waals surface area contributed by atoms with Gasteiger partial charge in [0.2, 0.25) is 0 Å². The summed E-state index contributed by atoms with van der Waals surface area (Å²) in [6.07, 6.45) is 1.14. The molecule has 88 valence electrons. The lowest BCUT2D eigenvalue weighted by Crippen LogP contribution is -2.24. The van der Waals surface area contributed by atoms with Gasteiger partial charge in [0, 0.05) is 6.54 Å². The van der Waals surface area contributed by atoms with Crippen molar-refractivity contribution in [1.29, 1.82) is 0 Å². The first-order chi connectivity index (χ1) is 8.95. The predicted octanol–water partition coefficient (Wildman–Crippen LogP) is 3.64. The summed E-state index contributed by atoms with van der Waals surface area (Å²) < 4.78 is 0. The Hall–Kier alpha value is -1.86. The zero-order chi connectivity index (χ0) is 11.9. The van der Waals surface area contributed by atoms with E-state index in [1.54, 1.807) is 5.56 Å². The molecule has 1 N–H and O–H groups in total. The Morgan fingerprint density at radius 1 is 0.667 bits per heavy atom. The third-order valence-corrected chi connectivity index (χ3v) is 4.01. The van der Waals surface area contributed by atoms with E-state index in [2.05, 4.69) is 53.8 Å². The van der Waals surface area contributed by atoms with Crippen molar-refractivity contribution < 1.29 is 0 Å². The standard InChI is InChI=1S/C17H15N/c1-2-7-14-12(5-1)13-6-3-4-8-15(13)17-11-18-10-9-16(14)17/h1-8,18H,9-11H2. The second kappa shape index (κ2) is 3.82. The number of hydrogen-bond acceptors (Lipinski definition) is 1. The van der Waals surface area contributed by atoms with Crippen LogP contribution in [-0.4, -0.2) is 6.54 Å². The van der Waals surface area contributed by atoms with Gasteiger partial charge in [-0.2, -0.15) is 0 Å². The molecule has 3 aromatic carbocycles. The molecule has 0 spiro atoms. The molecule has 0 atom stereocenters. The smallest absolute Gasteiger partial charge is 0.0214 e. The van der Waals surface area contributed by atoms with Crippen molar-refractivity contribution in [1.82, 2.24) is 5.32 Å². The Morgan fingerprint density at radius 2 is 1.22 bits per heavy atom. The van der Waals surface area contributed by atoms with Gasteiger partial charge in [-0.3, -0.25) is 0 Å². The summed E-state index contributed by atoms with van der Waals surface area (Å²) in [5, 5.41) is 9.13. The summed E-state index contributed by atoms with van der Waals surface area (Å²) in [7, 11) is 0. The van der Waals surface area contributed by atoms with E-state index >= 15 is 0 Å². The van der Waals surface area contributed by atoms with Crippen LogP contribution >= 0.6 is 0 Å². The topological polar surface area (TPSA) is 12.0 Å². The predicted molar refractivity (Wildman–Crippen MR) is 76.9 cm³/mol. The normalized spacial score (nSPS) is 14.9. The van der Waals surface area contributed by atoms with E-state index in [1.807, 2.05) is 0 Å². The largest absolute Gasteiger partial charge is 0.312 e. The summed E-state index contributed by atoms with van der Waals surface area (Å²) in [4.78, 5) is 0. The van der Waals surface area contributed by atoms with Gasteiger partial charge in [-0.15, -0.1) is 0 Å². The maximum atomic E-state index is 3.50. The maximum absolute atomic E-state index is 3.50. The summed E-state index contributed by atoms with van der Waals surface area (Å²) in [5.41, 5.74) is 3.04. The Morgan fingerprint density at radius 3 is 1.89 bits per heavy atom. The summed E-state index contributed by atoms with van der Waals surface area (Å²) in [6, 6.07) is 17.6. The van der Waals surface area contributed by atoms with Crippen LogP contribution < -0.4 is 5.32 Å². The molecule has 1 nitrogen and oxygen atoms in total. The van der Waals surface area contributed by atoms with Crippen LogP contribution in [0.1, 0.15) is 11.1 Å². The average molecular weight is 233 g/mol. The number of hydrogen-bond donors (Lipinski definition) is 1. The molecular formula is C17H15N. The van der Waals surface area contributed by atoms with Crippen LogP contribution in [0.2, 0.25) is 0 Å². The zero-order valence-electron chi connectivity index (χ0n) is 10.2. The molecule has 1 aliphatic rings. The van der Waals surface area contributed by atoms with Crippen LogP contribution in [0.3, 0.4) is 0 Å². The van der Waals surface area contributed by atoms with Gasteiger partial charge in [-0.05, 0) is 45.6 Å². The fourth-order valence-electron chi connectivity index (χ4n) is 3.20. The molecule has 1 heteroatoms. The van der Waals surface area contributed by atoms with Crippen molar-refractivity contribution in [3.05, 3.63) is 59.7 Å². The number of fused-ring (bicyclic) bond motifs is 6. The molecule has 3 aromatic rings. The molecule has 0 saturated carbocycles. The fraction of sp³-hybridized carbons (Fsp3) is 0.176. The van der Waals surface area contributed by atoms with Gasteiger partial charge in [0.05, 0.1) is 0 Å². The summed E-state index contributed by atoms with van der Waals surface area (Å²) in [5.74, 6) is 0. The molecule has 0 fully saturated rings. The van der Waals surface area contributed by atoms with E-state index in [9.17, 15) is 0 Å². The second-order valence-corrected chi connectivity index (χ2v) is 4.98. The van der Waals surface area contributed by atoms with Crippen LogP contribution in [0.25, 0.3) is 21.5 Å². The van der Waals surface area contributed by atoms with Gasteiger partial charge in [-0.25, -0.2) is 0 Å². The molecule has 1 heterocycles. The van der Waals surface area contributed by atoms with Gasteiger partial charge in [0.25, 0.3) is 0 Å². The molecule has 0 aromatic heterocycles. The summed E-state index contributed by atoms with van der Waals surface area (Å²) >= 11 is 0. The monoisotopic (exact) mass is 233 g/mol. The Labute approximate surface area is 106 Å². The molecule has 1 aliphatic heterocycles. The average Bonchev–Trinajstić information content (AvgIpc) is 2.48. The molecule has 0 bridgehead atoms. The second-order valence-electron chi connectivity index (χ2n) is 4.98. The van der Waals surface area contributed by atoms with Crippen LogP contribution in [0.4, 0.5) is 0 Å². The number of nitrogens with one attached hydrogen (secondary N) is 1. The van der Waals surface area contributed by atoms with Crippen molar-refractivity contribution in [2.45, 2.75) is 13.0 Å². The third-order valence-electron chi connectivity index (χ3n) is 4.01. The van der Waals surface area contributed by atoms with Gasteiger partial charge < -0.3 is 5.32 Å². The fourth-order valence-corrected chi connectivity index (χ4v) is 3.20. The van der Waals surface area contributed by atoms with Crippen LogP contribution in [0.5, 0.6) is 0 Å². The SMILES string of the molecule is c1ccc2c(c1)c1c(c3ccccc32)CNCC1. The van der Waals surface area contributed by atoms with Crippen LogP contribution in [0, 0.1) is 0 Å². The van der Waals surface area contributed by atoms with E-state index in [0.717, 1.165) is 19.5 Å². The first-order valence-corrected chi connectivity index (χ1v) is 6.57. The number of rotatable bonds is 0. The Balaban J connectivity index is 2.28. The van der Waals surface area contributed by atoms with Gasteiger partial charge in [-0.1, -0.05) is 48.5 Å². The van der Waals surface area contributed by atoms with Crippen molar-refractivity contribution in [2.24, 2.45) is 0 Å². The van der Waals surface area contributed by atoms with E-state index in [1.165, 1.54) is 27.1 Å². The molecular weight excluding hydrogens is 218 g/mol. The Bertz CT molecular complexity index is 678. The first-order valence-electron chi connectivity index (χ1n) is 6.57. The van der Waals surface area contributed by atoms with E-state index < -0.39 is 0 Å². The maximum Gasteiger partial charge on any atom is 0.0214 e.